The Morgan fingerprint density at radius 1 is 1.26 bits per heavy atom. The smallest absolute Gasteiger partial charge is 0.246 e. The van der Waals surface area contributed by atoms with Crippen LogP contribution in [0, 0.1) is 6.92 Å². The lowest BCUT2D eigenvalue weighted by atomic mass is 10.0. The number of furan rings is 1. The third kappa shape index (κ3) is 4.80. The summed E-state index contributed by atoms with van der Waals surface area (Å²) >= 11 is 0. The van der Waals surface area contributed by atoms with Gasteiger partial charge in [-0.15, -0.1) is 0 Å². The molecule has 2 aromatic heterocycles. The van der Waals surface area contributed by atoms with Crippen molar-refractivity contribution in [2.24, 2.45) is 0 Å². The Labute approximate surface area is 183 Å². The molecule has 0 atom stereocenters. The minimum atomic E-state index is 0.0463. The van der Waals surface area contributed by atoms with Crippen LogP contribution in [0.5, 0.6) is 5.75 Å². The lowest BCUT2D eigenvalue weighted by Gasteiger charge is -2.34. The van der Waals surface area contributed by atoms with Crippen LogP contribution >= 0.6 is 0 Å². The molecule has 6 nitrogen and oxygen atoms in total. The van der Waals surface area contributed by atoms with Crippen molar-refractivity contribution in [3.8, 4) is 5.75 Å². The van der Waals surface area contributed by atoms with Crippen LogP contribution < -0.4 is 4.74 Å². The van der Waals surface area contributed by atoms with Gasteiger partial charge in [-0.3, -0.25) is 14.7 Å². The first-order valence-electron chi connectivity index (χ1n) is 10.8. The number of piperazine rings is 1. The van der Waals surface area contributed by atoms with Gasteiger partial charge in [0.15, 0.2) is 0 Å². The molecule has 0 radical (unpaired) electrons. The molecule has 3 aromatic rings. The molecular weight excluding hydrogens is 390 g/mol. The Kier molecular flexibility index (Phi) is 6.37. The number of rotatable bonds is 6. The van der Waals surface area contributed by atoms with E-state index in [1.165, 1.54) is 5.56 Å². The third-order valence-corrected chi connectivity index (χ3v) is 5.75. The van der Waals surface area contributed by atoms with E-state index in [2.05, 4.69) is 22.0 Å². The molecule has 0 aliphatic carbocycles. The average Bonchev–Trinajstić information content (AvgIpc) is 3.14. The fourth-order valence-electron chi connectivity index (χ4n) is 4.00. The number of aryl methyl sites for hydroxylation is 1. The zero-order chi connectivity index (χ0) is 21.8. The van der Waals surface area contributed by atoms with E-state index < -0.39 is 0 Å². The van der Waals surface area contributed by atoms with Crippen molar-refractivity contribution in [1.82, 2.24) is 14.8 Å². The van der Waals surface area contributed by atoms with Crippen molar-refractivity contribution in [3.05, 3.63) is 65.7 Å². The van der Waals surface area contributed by atoms with Gasteiger partial charge in [-0.2, -0.15) is 0 Å². The maximum absolute atomic E-state index is 13.0. The number of nitrogens with zero attached hydrogens (tertiary/aromatic N) is 3. The number of hydrogen-bond donors (Lipinski definition) is 0. The second-order valence-corrected chi connectivity index (χ2v) is 7.99. The van der Waals surface area contributed by atoms with Crippen molar-refractivity contribution < 1.29 is 13.9 Å². The van der Waals surface area contributed by atoms with Crippen LogP contribution in [0.4, 0.5) is 0 Å². The van der Waals surface area contributed by atoms with E-state index in [9.17, 15) is 4.79 Å². The molecule has 0 spiro atoms. The van der Waals surface area contributed by atoms with Crippen LogP contribution in [0.25, 0.3) is 16.5 Å². The Balaban J connectivity index is 1.45. The zero-order valence-corrected chi connectivity index (χ0v) is 18.4. The summed E-state index contributed by atoms with van der Waals surface area (Å²) in [5.74, 6) is 0.789. The molecule has 1 amide bonds. The van der Waals surface area contributed by atoms with Gasteiger partial charge in [0, 0.05) is 68.2 Å². The molecule has 0 saturated carbocycles. The Morgan fingerprint density at radius 2 is 2.06 bits per heavy atom. The number of carbonyl (C=O) groups excluding carboxylic acids is 1. The molecule has 4 rings (SSSR count). The molecule has 0 N–H and O–H groups in total. The highest BCUT2D eigenvalue weighted by molar-refractivity contribution is 5.97. The summed E-state index contributed by atoms with van der Waals surface area (Å²) in [7, 11) is 0. The van der Waals surface area contributed by atoms with E-state index >= 15 is 0 Å². The fraction of sp³-hybridized carbons (Fsp3) is 0.360. The molecule has 0 unspecified atom stereocenters. The quantitative estimate of drug-likeness (QED) is 0.558. The van der Waals surface area contributed by atoms with Crippen molar-refractivity contribution in [3.63, 3.8) is 0 Å². The molecule has 6 heteroatoms. The minimum Gasteiger partial charge on any atom is -0.493 e. The number of fused-ring (bicyclic) bond motifs is 1. The summed E-state index contributed by atoms with van der Waals surface area (Å²) in [6.07, 6.45) is 7.17. The van der Waals surface area contributed by atoms with Crippen LogP contribution in [0.15, 0.2) is 53.4 Å². The first-order valence-corrected chi connectivity index (χ1v) is 10.8. The highest BCUT2D eigenvalue weighted by Gasteiger charge is 2.21. The lowest BCUT2D eigenvalue weighted by Crippen LogP contribution is -2.47. The molecule has 162 valence electrons. The molecule has 3 heterocycles. The van der Waals surface area contributed by atoms with Gasteiger partial charge in [-0.1, -0.05) is 6.07 Å². The van der Waals surface area contributed by atoms with Gasteiger partial charge in [-0.05, 0) is 49.6 Å². The van der Waals surface area contributed by atoms with Crippen molar-refractivity contribution in [2.45, 2.75) is 27.3 Å². The Bertz CT molecular complexity index is 1080. The predicted molar refractivity (Wildman–Crippen MR) is 122 cm³/mol. The number of hydrogen-bond acceptors (Lipinski definition) is 5. The summed E-state index contributed by atoms with van der Waals surface area (Å²) in [5.41, 5.74) is 4.90. The summed E-state index contributed by atoms with van der Waals surface area (Å²) in [5, 5.41) is 1.04. The number of pyridine rings is 1. The molecule has 1 aliphatic rings. The highest BCUT2D eigenvalue weighted by Crippen LogP contribution is 2.33. The van der Waals surface area contributed by atoms with E-state index in [0.29, 0.717) is 6.61 Å². The summed E-state index contributed by atoms with van der Waals surface area (Å²) in [6, 6.07) is 8.02. The monoisotopic (exact) mass is 419 g/mol. The van der Waals surface area contributed by atoms with Crippen molar-refractivity contribution in [2.75, 3.05) is 32.8 Å². The van der Waals surface area contributed by atoms with E-state index in [-0.39, 0.29) is 5.91 Å². The van der Waals surface area contributed by atoms with Crippen LogP contribution in [-0.4, -0.2) is 53.5 Å². The number of ether oxygens (including phenoxy) is 1. The van der Waals surface area contributed by atoms with Crippen molar-refractivity contribution in [1.29, 1.82) is 0 Å². The molecule has 1 aromatic carbocycles. The number of aromatic nitrogens is 1. The van der Waals surface area contributed by atoms with Gasteiger partial charge in [-0.25, -0.2) is 0 Å². The van der Waals surface area contributed by atoms with Gasteiger partial charge >= 0.3 is 0 Å². The number of allylic oxidation sites excluding steroid dienone is 1. The van der Waals surface area contributed by atoms with E-state index in [4.69, 9.17) is 9.15 Å². The number of benzene rings is 1. The normalized spacial score (nSPS) is 15.5. The third-order valence-electron chi connectivity index (χ3n) is 5.75. The van der Waals surface area contributed by atoms with Crippen LogP contribution in [0.2, 0.25) is 0 Å². The van der Waals surface area contributed by atoms with Gasteiger partial charge < -0.3 is 14.1 Å². The number of carbonyl (C=O) groups is 1. The van der Waals surface area contributed by atoms with Gasteiger partial charge in [0.05, 0.1) is 12.9 Å². The highest BCUT2D eigenvalue weighted by atomic mass is 16.5. The SMILES string of the molecule is CCOc1cc2occ(C)c2cc1/C(C)=C/C(=O)N1CCN(Cc2cccnc2)CC1. The van der Waals surface area contributed by atoms with Crippen LogP contribution in [0.1, 0.15) is 30.5 Å². The average molecular weight is 420 g/mol. The van der Waals surface area contributed by atoms with Gasteiger partial charge in [0.25, 0.3) is 0 Å². The Hall–Kier alpha value is -3.12. The van der Waals surface area contributed by atoms with Crippen LogP contribution in [-0.2, 0) is 11.3 Å². The summed E-state index contributed by atoms with van der Waals surface area (Å²) in [4.78, 5) is 21.4. The van der Waals surface area contributed by atoms with E-state index in [1.54, 1.807) is 18.5 Å². The molecule has 0 bridgehead atoms. The minimum absolute atomic E-state index is 0.0463. The lowest BCUT2D eigenvalue weighted by molar-refractivity contribution is -0.127. The summed E-state index contributed by atoms with van der Waals surface area (Å²) < 4.78 is 11.5. The predicted octanol–water partition coefficient (Wildman–Crippen LogP) is 4.28. The maximum atomic E-state index is 13.0. The second-order valence-electron chi connectivity index (χ2n) is 7.99. The Morgan fingerprint density at radius 3 is 2.77 bits per heavy atom. The molecule has 1 saturated heterocycles. The first kappa shape index (κ1) is 21.1. The molecular formula is C25H29N3O3. The maximum Gasteiger partial charge on any atom is 0.246 e. The second kappa shape index (κ2) is 9.35. The van der Waals surface area contributed by atoms with Crippen molar-refractivity contribution >= 4 is 22.4 Å². The molecule has 1 fully saturated rings. The molecule has 31 heavy (non-hydrogen) atoms. The largest absolute Gasteiger partial charge is 0.493 e. The zero-order valence-electron chi connectivity index (χ0n) is 18.4. The number of amides is 1. The standard InChI is InChI=1S/C25H29N3O3/c1-4-30-23-14-24-22(19(3)17-31-24)13-21(23)18(2)12-25(29)28-10-8-27(9-11-28)16-20-6-5-7-26-15-20/h5-7,12-15,17H,4,8-11,16H2,1-3H3/b18-12+. The topological polar surface area (TPSA) is 58.8 Å². The van der Waals surface area contributed by atoms with Crippen LogP contribution in [0.3, 0.4) is 0 Å². The molecule has 1 aliphatic heterocycles. The van der Waals surface area contributed by atoms with E-state index in [0.717, 1.165) is 66.1 Å². The van der Waals surface area contributed by atoms with Gasteiger partial charge in [0.2, 0.25) is 5.91 Å². The van der Waals surface area contributed by atoms with Gasteiger partial charge in [0.1, 0.15) is 11.3 Å². The fourth-order valence-corrected chi connectivity index (χ4v) is 4.00. The summed E-state index contributed by atoms with van der Waals surface area (Å²) in [6.45, 7) is 10.5. The van der Waals surface area contributed by atoms with E-state index in [1.807, 2.05) is 44.0 Å². The first-order chi connectivity index (χ1) is 15.0.